The third-order valence-electron chi connectivity index (χ3n) is 2.92. The summed E-state index contributed by atoms with van der Waals surface area (Å²) in [4.78, 5) is 12.2. The van der Waals surface area contributed by atoms with Crippen LogP contribution >= 0.6 is 47.8 Å². The van der Waals surface area contributed by atoms with Crippen LogP contribution in [-0.4, -0.2) is 19.0 Å². The lowest BCUT2D eigenvalue weighted by atomic mass is 9.99. The zero-order valence-electron chi connectivity index (χ0n) is 9.60. The van der Waals surface area contributed by atoms with Crippen LogP contribution in [0.5, 0.6) is 0 Å². The number of piperidine rings is 1. The van der Waals surface area contributed by atoms with Gasteiger partial charge < -0.3 is 10.6 Å². The Bertz CT molecular complexity index is 436. The Morgan fingerprint density at radius 2 is 1.94 bits per heavy atom. The summed E-state index contributed by atoms with van der Waals surface area (Å²) in [6.45, 7) is 1.77. The largest absolute Gasteiger partial charge is 0.324 e. The average molecular weight is 441 g/mol. The van der Waals surface area contributed by atoms with Crippen LogP contribution in [0.4, 0.5) is 5.69 Å². The van der Waals surface area contributed by atoms with E-state index in [1.54, 1.807) is 0 Å². The number of benzene rings is 1. The zero-order valence-corrected chi connectivity index (χ0v) is 14.4. The highest BCUT2D eigenvalue weighted by Gasteiger charge is 2.22. The van der Waals surface area contributed by atoms with Crippen molar-refractivity contribution in [3.8, 4) is 0 Å². The van der Waals surface area contributed by atoms with E-state index in [0.29, 0.717) is 0 Å². The molecule has 0 saturated carbocycles. The second-order valence-electron chi connectivity index (χ2n) is 4.28. The summed E-state index contributed by atoms with van der Waals surface area (Å²) < 4.78 is 2.68. The van der Waals surface area contributed by atoms with Gasteiger partial charge in [-0.2, -0.15) is 0 Å². The van der Waals surface area contributed by atoms with E-state index in [1.807, 2.05) is 12.1 Å². The van der Waals surface area contributed by atoms with E-state index in [1.165, 1.54) is 0 Å². The summed E-state index contributed by atoms with van der Waals surface area (Å²) in [5.74, 6) is 0.132. The average Bonchev–Trinajstić information content (AvgIpc) is 2.34. The third-order valence-corrected chi connectivity index (χ3v) is 4.63. The highest BCUT2D eigenvalue weighted by molar-refractivity contribution is 9.11. The van der Waals surface area contributed by atoms with Crippen molar-refractivity contribution in [3.05, 3.63) is 25.6 Å². The second-order valence-corrected chi connectivity index (χ2v) is 6.90. The number of carbonyl (C=O) groups excluding carboxylic acids is 1. The number of halogens is 3. The van der Waals surface area contributed by atoms with Gasteiger partial charge in [0.1, 0.15) is 0 Å². The number of anilines is 1. The van der Waals surface area contributed by atoms with Crippen molar-refractivity contribution >= 4 is 59.4 Å². The standard InChI is InChI=1S/C12H13Br3N2O/c13-8-4-9(14)11(10(15)5-8)17-12(18)7-2-1-3-16-6-7/h4-5,7,16H,1-3,6H2,(H,17,18)/t7-/m0/s1. The highest BCUT2D eigenvalue weighted by Crippen LogP contribution is 2.34. The topological polar surface area (TPSA) is 41.1 Å². The molecule has 2 N–H and O–H groups in total. The smallest absolute Gasteiger partial charge is 0.228 e. The van der Waals surface area contributed by atoms with Crippen LogP contribution in [0.1, 0.15) is 12.8 Å². The molecule has 6 heteroatoms. The molecule has 2 rings (SSSR count). The van der Waals surface area contributed by atoms with Crippen molar-refractivity contribution in [2.24, 2.45) is 5.92 Å². The fourth-order valence-electron chi connectivity index (χ4n) is 1.96. The monoisotopic (exact) mass is 438 g/mol. The van der Waals surface area contributed by atoms with Crippen molar-refractivity contribution in [3.63, 3.8) is 0 Å². The van der Waals surface area contributed by atoms with Gasteiger partial charge in [0.25, 0.3) is 0 Å². The van der Waals surface area contributed by atoms with Gasteiger partial charge in [0.2, 0.25) is 5.91 Å². The van der Waals surface area contributed by atoms with Crippen LogP contribution in [-0.2, 0) is 4.79 Å². The summed E-state index contributed by atoms with van der Waals surface area (Å²) >= 11 is 10.3. The first-order valence-electron chi connectivity index (χ1n) is 5.74. The van der Waals surface area contributed by atoms with Gasteiger partial charge in [-0.25, -0.2) is 0 Å². The lowest BCUT2D eigenvalue weighted by Gasteiger charge is -2.22. The Morgan fingerprint density at radius 3 is 2.50 bits per heavy atom. The molecule has 3 nitrogen and oxygen atoms in total. The molecular weight excluding hydrogens is 428 g/mol. The van der Waals surface area contributed by atoms with Crippen LogP contribution in [0, 0.1) is 5.92 Å². The maximum atomic E-state index is 12.2. The van der Waals surface area contributed by atoms with Crippen molar-refractivity contribution in [1.29, 1.82) is 0 Å². The number of hydrogen-bond donors (Lipinski definition) is 2. The van der Waals surface area contributed by atoms with Crippen molar-refractivity contribution < 1.29 is 4.79 Å². The van der Waals surface area contributed by atoms with Crippen LogP contribution in [0.3, 0.4) is 0 Å². The third kappa shape index (κ3) is 3.56. The summed E-state index contributed by atoms with van der Waals surface area (Å²) in [6, 6.07) is 3.83. The fraction of sp³-hybridized carbons (Fsp3) is 0.417. The predicted octanol–water partition coefficient (Wildman–Crippen LogP) is 3.91. The minimum Gasteiger partial charge on any atom is -0.324 e. The maximum absolute atomic E-state index is 12.2. The number of rotatable bonds is 2. The molecule has 1 fully saturated rings. The summed E-state index contributed by atoms with van der Waals surface area (Å²) in [7, 11) is 0. The molecule has 1 aliphatic rings. The van der Waals surface area contributed by atoms with Crippen LogP contribution in [0.2, 0.25) is 0 Å². The number of carbonyl (C=O) groups is 1. The minimum absolute atomic E-state index is 0.0567. The molecule has 1 amide bonds. The molecule has 1 atom stereocenters. The lowest BCUT2D eigenvalue weighted by molar-refractivity contribution is -0.120. The summed E-state index contributed by atoms with van der Waals surface area (Å²) in [5, 5.41) is 6.23. The van der Waals surface area contributed by atoms with Crippen LogP contribution < -0.4 is 10.6 Å². The fourth-order valence-corrected chi connectivity index (χ4v) is 4.42. The molecule has 1 saturated heterocycles. The number of hydrogen-bond acceptors (Lipinski definition) is 2. The first-order chi connectivity index (χ1) is 8.58. The summed E-state index contributed by atoms with van der Waals surface area (Å²) in [6.07, 6.45) is 2.01. The molecule has 1 heterocycles. The Labute approximate surface area is 131 Å². The SMILES string of the molecule is O=C(Nc1c(Br)cc(Br)cc1Br)[C@H]1CCCNC1. The van der Waals surface area contributed by atoms with Gasteiger partial charge >= 0.3 is 0 Å². The van der Waals surface area contributed by atoms with Gasteiger partial charge in [0.05, 0.1) is 11.6 Å². The minimum atomic E-state index is 0.0567. The van der Waals surface area contributed by atoms with Gasteiger partial charge in [-0.1, -0.05) is 15.9 Å². The first kappa shape index (κ1) is 14.5. The Kier molecular flexibility index (Phi) is 5.24. The molecule has 1 aromatic rings. The van der Waals surface area contributed by atoms with E-state index in [2.05, 4.69) is 58.4 Å². The molecule has 98 valence electrons. The maximum Gasteiger partial charge on any atom is 0.228 e. The molecule has 1 aliphatic heterocycles. The molecular formula is C12H13Br3N2O. The van der Waals surface area contributed by atoms with Gasteiger partial charge in [0.15, 0.2) is 0 Å². The molecule has 0 radical (unpaired) electrons. The molecule has 0 bridgehead atoms. The molecule has 0 aliphatic carbocycles. The Hall–Kier alpha value is 0.0900. The number of amides is 1. The van der Waals surface area contributed by atoms with E-state index < -0.39 is 0 Å². The van der Waals surface area contributed by atoms with E-state index in [9.17, 15) is 4.79 Å². The van der Waals surface area contributed by atoms with Crippen LogP contribution in [0.25, 0.3) is 0 Å². The zero-order chi connectivity index (χ0) is 13.1. The van der Waals surface area contributed by atoms with Gasteiger partial charge in [-0.3, -0.25) is 4.79 Å². The molecule has 0 aromatic heterocycles. The molecule has 0 spiro atoms. The Morgan fingerprint density at radius 1 is 1.28 bits per heavy atom. The van der Waals surface area contributed by atoms with Crippen LogP contribution in [0.15, 0.2) is 25.6 Å². The van der Waals surface area contributed by atoms with Gasteiger partial charge in [0, 0.05) is 20.0 Å². The normalized spacial score (nSPS) is 19.6. The van der Waals surface area contributed by atoms with E-state index in [4.69, 9.17) is 0 Å². The quantitative estimate of drug-likeness (QED) is 0.732. The van der Waals surface area contributed by atoms with Crippen molar-refractivity contribution in [1.82, 2.24) is 5.32 Å². The van der Waals surface area contributed by atoms with Gasteiger partial charge in [-0.15, -0.1) is 0 Å². The summed E-state index contributed by atoms with van der Waals surface area (Å²) in [5.41, 5.74) is 0.786. The predicted molar refractivity (Wildman–Crippen MR) is 83.8 cm³/mol. The molecule has 0 unspecified atom stereocenters. The lowest BCUT2D eigenvalue weighted by Crippen LogP contribution is -2.37. The van der Waals surface area contributed by atoms with Crippen molar-refractivity contribution in [2.75, 3.05) is 18.4 Å². The van der Waals surface area contributed by atoms with Gasteiger partial charge in [-0.05, 0) is 63.4 Å². The van der Waals surface area contributed by atoms with E-state index >= 15 is 0 Å². The molecule has 1 aromatic carbocycles. The van der Waals surface area contributed by atoms with E-state index in [0.717, 1.165) is 45.0 Å². The van der Waals surface area contributed by atoms with Crippen molar-refractivity contribution in [2.45, 2.75) is 12.8 Å². The number of nitrogens with one attached hydrogen (secondary N) is 2. The van der Waals surface area contributed by atoms with E-state index in [-0.39, 0.29) is 11.8 Å². The first-order valence-corrected chi connectivity index (χ1v) is 8.12. The Balaban J connectivity index is 2.11. The molecule has 18 heavy (non-hydrogen) atoms. The second kappa shape index (κ2) is 6.50. The highest BCUT2D eigenvalue weighted by atomic mass is 79.9.